The summed E-state index contributed by atoms with van der Waals surface area (Å²) < 4.78 is 5.39. The van der Waals surface area contributed by atoms with E-state index in [0.717, 1.165) is 24.4 Å². The van der Waals surface area contributed by atoms with E-state index in [1.165, 1.54) is 0 Å². The molecule has 1 fully saturated rings. The van der Waals surface area contributed by atoms with E-state index in [4.69, 9.17) is 9.52 Å². The van der Waals surface area contributed by atoms with Crippen LogP contribution < -0.4 is 5.32 Å². The van der Waals surface area contributed by atoms with Crippen LogP contribution in [0.25, 0.3) is 0 Å². The van der Waals surface area contributed by atoms with Gasteiger partial charge in [-0.2, -0.15) is 0 Å². The molecule has 0 saturated heterocycles. The summed E-state index contributed by atoms with van der Waals surface area (Å²) in [5.74, 6) is 1.74. The first-order chi connectivity index (χ1) is 7.66. The Bertz CT molecular complexity index is 379. The Morgan fingerprint density at radius 2 is 2.31 bits per heavy atom. The normalized spacial score (nSPS) is 17.1. The third kappa shape index (κ3) is 2.27. The fourth-order valence-corrected chi connectivity index (χ4v) is 1.71. The lowest BCUT2D eigenvalue weighted by Gasteiger charge is -2.11. The smallest absolute Gasteiger partial charge is 0.228 e. The van der Waals surface area contributed by atoms with Gasteiger partial charge in [-0.15, -0.1) is 0 Å². The van der Waals surface area contributed by atoms with Crippen LogP contribution in [0.3, 0.4) is 0 Å². The summed E-state index contributed by atoms with van der Waals surface area (Å²) in [4.78, 5) is 11.7. The Balaban J connectivity index is 1.74. The number of amides is 1. The van der Waals surface area contributed by atoms with E-state index >= 15 is 0 Å². The van der Waals surface area contributed by atoms with E-state index in [-0.39, 0.29) is 12.5 Å². The van der Waals surface area contributed by atoms with Gasteiger partial charge in [-0.1, -0.05) is 0 Å². The van der Waals surface area contributed by atoms with Crippen LogP contribution in [0.2, 0.25) is 0 Å². The molecule has 1 aliphatic rings. The van der Waals surface area contributed by atoms with Crippen molar-refractivity contribution in [1.82, 2.24) is 5.32 Å². The van der Waals surface area contributed by atoms with Crippen molar-refractivity contribution in [1.29, 1.82) is 0 Å². The van der Waals surface area contributed by atoms with Crippen molar-refractivity contribution in [3.63, 3.8) is 0 Å². The zero-order valence-electron chi connectivity index (χ0n) is 9.45. The highest BCUT2D eigenvalue weighted by atomic mass is 16.3. The molecule has 4 heteroatoms. The molecule has 0 aliphatic heterocycles. The minimum absolute atomic E-state index is 0.0294. The molecule has 0 bridgehead atoms. The maximum Gasteiger partial charge on any atom is 0.228 e. The molecule has 1 heterocycles. The third-order valence-corrected chi connectivity index (χ3v) is 3.09. The lowest BCUT2D eigenvalue weighted by molar-refractivity contribution is -0.127. The van der Waals surface area contributed by atoms with Crippen molar-refractivity contribution in [2.45, 2.75) is 26.2 Å². The van der Waals surface area contributed by atoms with Crippen LogP contribution >= 0.6 is 0 Å². The molecule has 88 valence electrons. The predicted octanol–water partition coefficient (Wildman–Crippen LogP) is 1.02. The maximum absolute atomic E-state index is 11.7. The van der Waals surface area contributed by atoms with Crippen LogP contribution in [-0.4, -0.2) is 24.2 Å². The molecule has 1 aromatic rings. The van der Waals surface area contributed by atoms with Crippen molar-refractivity contribution >= 4 is 5.91 Å². The highest BCUT2D eigenvalue weighted by molar-refractivity contribution is 5.85. The summed E-state index contributed by atoms with van der Waals surface area (Å²) in [6, 6.07) is 3.83. The average molecular weight is 223 g/mol. The zero-order chi connectivity index (χ0) is 11.6. The van der Waals surface area contributed by atoms with Gasteiger partial charge < -0.3 is 14.8 Å². The highest BCUT2D eigenvalue weighted by Crippen LogP contribution is 2.45. The molecule has 4 nitrogen and oxygen atoms in total. The van der Waals surface area contributed by atoms with Crippen LogP contribution in [0.1, 0.15) is 24.4 Å². The number of hydrogen-bond acceptors (Lipinski definition) is 3. The van der Waals surface area contributed by atoms with Crippen LogP contribution in [0.5, 0.6) is 0 Å². The third-order valence-electron chi connectivity index (χ3n) is 3.09. The first-order valence-corrected chi connectivity index (χ1v) is 5.61. The Morgan fingerprint density at radius 1 is 1.56 bits per heavy atom. The topological polar surface area (TPSA) is 62.5 Å². The quantitative estimate of drug-likeness (QED) is 0.783. The summed E-state index contributed by atoms with van der Waals surface area (Å²) >= 11 is 0. The fourth-order valence-electron chi connectivity index (χ4n) is 1.71. The standard InChI is InChI=1S/C12H17NO3/c1-9-2-3-10(16-9)4-7-13-11(15)12(8-14)5-6-12/h2-3,14H,4-8H2,1H3,(H,13,15). The van der Waals surface area contributed by atoms with Crippen molar-refractivity contribution in [3.8, 4) is 0 Å². The van der Waals surface area contributed by atoms with E-state index in [1.54, 1.807) is 0 Å². The minimum atomic E-state index is -0.473. The average Bonchev–Trinajstić information content (AvgIpc) is 2.98. The Hall–Kier alpha value is -1.29. The van der Waals surface area contributed by atoms with E-state index in [9.17, 15) is 4.79 Å². The zero-order valence-corrected chi connectivity index (χ0v) is 9.45. The largest absolute Gasteiger partial charge is 0.466 e. The molecular formula is C12H17NO3. The van der Waals surface area contributed by atoms with Gasteiger partial charge in [-0.05, 0) is 31.9 Å². The van der Waals surface area contributed by atoms with E-state index in [1.807, 2.05) is 19.1 Å². The van der Waals surface area contributed by atoms with Crippen LogP contribution in [0.4, 0.5) is 0 Å². The van der Waals surface area contributed by atoms with Gasteiger partial charge in [-0.3, -0.25) is 4.79 Å². The van der Waals surface area contributed by atoms with Gasteiger partial charge in [0.1, 0.15) is 11.5 Å². The second kappa shape index (κ2) is 4.29. The SMILES string of the molecule is Cc1ccc(CCNC(=O)C2(CO)CC2)o1. The lowest BCUT2D eigenvalue weighted by Crippen LogP contribution is -2.35. The molecule has 2 rings (SSSR count). The van der Waals surface area contributed by atoms with E-state index in [2.05, 4.69) is 5.32 Å². The molecule has 2 N–H and O–H groups in total. The summed E-state index contributed by atoms with van der Waals surface area (Å²) in [6.45, 7) is 2.42. The van der Waals surface area contributed by atoms with Crippen molar-refractivity contribution in [2.24, 2.45) is 5.41 Å². The summed E-state index contributed by atoms with van der Waals surface area (Å²) in [5.41, 5.74) is -0.473. The molecule has 0 unspecified atom stereocenters. The van der Waals surface area contributed by atoms with Gasteiger partial charge in [-0.25, -0.2) is 0 Å². The summed E-state index contributed by atoms with van der Waals surface area (Å²) in [5, 5.41) is 11.9. The second-order valence-electron chi connectivity index (χ2n) is 4.46. The lowest BCUT2D eigenvalue weighted by atomic mass is 10.1. The molecular weight excluding hydrogens is 206 g/mol. The molecule has 0 spiro atoms. The number of aliphatic hydroxyl groups excluding tert-OH is 1. The number of aryl methyl sites for hydroxylation is 1. The van der Waals surface area contributed by atoms with Crippen LogP contribution in [0.15, 0.2) is 16.5 Å². The number of hydrogen-bond donors (Lipinski definition) is 2. The van der Waals surface area contributed by atoms with E-state index < -0.39 is 5.41 Å². The molecule has 0 atom stereocenters. The first-order valence-electron chi connectivity index (χ1n) is 5.61. The molecule has 16 heavy (non-hydrogen) atoms. The second-order valence-corrected chi connectivity index (χ2v) is 4.46. The molecule has 0 aromatic carbocycles. The van der Waals surface area contributed by atoms with Gasteiger partial charge in [0.15, 0.2) is 0 Å². The van der Waals surface area contributed by atoms with Crippen molar-refractivity contribution < 1.29 is 14.3 Å². The number of aliphatic hydroxyl groups is 1. The van der Waals surface area contributed by atoms with Gasteiger partial charge in [0.25, 0.3) is 0 Å². The summed E-state index contributed by atoms with van der Waals surface area (Å²) in [7, 11) is 0. The molecule has 1 amide bonds. The Morgan fingerprint density at radius 3 is 2.81 bits per heavy atom. The van der Waals surface area contributed by atoms with Crippen LogP contribution in [-0.2, 0) is 11.2 Å². The molecule has 1 aliphatic carbocycles. The Kier molecular flexibility index (Phi) is 3.01. The van der Waals surface area contributed by atoms with E-state index in [0.29, 0.717) is 13.0 Å². The number of furan rings is 1. The van der Waals surface area contributed by atoms with Gasteiger partial charge in [0.05, 0.1) is 12.0 Å². The molecule has 1 aromatic heterocycles. The monoisotopic (exact) mass is 223 g/mol. The maximum atomic E-state index is 11.7. The van der Waals surface area contributed by atoms with Gasteiger partial charge in [0, 0.05) is 13.0 Å². The van der Waals surface area contributed by atoms with Crippen molar-refractivity contribution in [2.75, 3.05) is 13.2 Å². The van der Waals surface area contributed by atoms with Gasteiger partial charge in [0.2, 0.25) is 5.91 Å². The first kappa shape index (κ1) is 11.2. The minimum Gasteiger partial charge on any atom is -0.466 e. The van der Waals surface area contributed by atoms with Gasteiger partial charge >= 0.3 is 0 Å². The Labute approximate surface area is 94.6 Å². The fraction of sp³-hybridized carbons (Fsp3) is 0.583. The van der Waals surface area contributed by atoms with Crippen molar-refractivity contribution in [3.05, 3.63) is 23.7 Å². The molecule has 0 radical (unpaired) electrons. The number of rotatable bonds is 5. The number of carbonyl (C=O) groups excluding carboxylic acids is 1. The highest BCUT2D eigenvalue weighted by Gasteiger charge is 2.49. The van der Waals surface area contributed by atoms with Crippen LogP contribution in [0, 0.1) is 12.3 Å². The number of nitrogens with one attached hydrogen (secondary N) is 1. The molecule has 1 saturated carbocycles. The number of carbonyl (C=O) groups is 1. The predicted molar refractivity (Wildman–Crippen MR) is 58.9 cm³/mol. The summed E-state index contributed by atoms with van der Waals surface area (Å²) in [6.07, 6.45) is 2.30.